The van der Waals surface area contributed by atoms with Gasteiger partial charge in [-0.1, -0.05) is 13.8 Å². The summed E-state index contributed by atoms with van der Waals surface area (Å²) in [5, 5.41) is 0. The highest BCUT2D eigenvalue weighted by molar-refractivity contribution is 5.30. The Morgan fingerprint density at radius 3 is 1.80 bits per heavy atom. The highest BCUT2D eigenvalue weighted by Crippen LogP contribution is 2.14. The molecule has 0 atom stereocenters. The average Bonchev–Trinajstić information content (AvgIpc) is 2.72. The van der Waals surface area contributed by atoms with Crippen LogP contribution in [0.3, 0.4) is 0 Å². The lowest BCUT2D eigenvalue weighted by Gasteiger charge is -2.14. The zero-order valence-corrected chi connectivity index (χ0v) is 10.1. The van der Waals surface area contributed by atoms with E-state index in [-0.39, 0.29) is 0 Å². The smallest absolute Gasteiger partial charge is 0.228 e. The van der Waals surface area contributed by atoms with Crippen LogP contribution in [0.1, 0.15) is 38.3 Å². The van der Waals surface area contributed by atoms with Crippen molar-refractivity contribution in [1.29, 1.82) is 0 Å². The number of rotatable bonds is 1. The van der Waals surface area contributed by atoms with Crippen LogP contribution in [0.2, 0.25) is 0 Å². The van der Waals surface area contributed by atoms with Gasteiger partial charge in [-0.25, -0.2) is 4.98 Å². The molecule has 1 aromatic rings. The maximum absolute atomic E-state index is 4.32. The first-order valence-electron chi connectivity index (χ1n) is 5.70. The fraction of sp³-hybridized carbons (Fsp3) is 0.727. The minimum absolute atomic E-state index is 0.814. The summed E-state index contributed by atoms with van der Waals surface area (Å²) in [6, 6.07) is 0. The Bertz CT molecular complexity index is 285. The molecule has 0 aliphatic carbocycles. The number of hydrogen-bond acceptors (Lipinski definition) is 4. The Balaban J connectivity index is 0.000000531. The van der Waals surface area contributed by atoms with Gasteiger partial charge in [0.15, 0.2) is 0 Å². The molecule has 1 aliphatic rings. The Labute approximate surface area is 91.8 Å². The quantitative estimate of drug-likeness (QED) is 0.709. The Kier molecular flexibility index (Phi) is 4.46. The number of aromatic nitrogens is 3. The topological polar surface area (TPSA) is 41.9 Å². The maximum Gasteiger partial charge on any atom is 0.228 e. The number of anilines is 1. The van der Waals surface area contributed by atoms with E-state index in [0.29, 0.717) is 0 Å². The first-order valence-corrected chi connectivity index (χ1v) is 5.70. The van der Waals surface area contributed by atoms with Crippen molar-refractivity contribution in [2.24, 2.45) is 0 Å². The van der Waals surface area contributed by atoms with Gasteiger partial charge in [0, 0.05) is 13.1 Å². The molecule has 0 bridgehead atoms. The number of hydrogen-bond donors (Lipinski definition) is 0. The normalized spacial score (nSPS) is 14.8. The molecule has 0 unspecified atom stereocenters. The van der Waals surface area contributed by atoms with Gasteiger partial charge in [0.25, 0.3) is 0 Å². The summed E-state index contributed by atoms with van der Waals surface area (Å²) < 4.78 is 0. The van der Waals surface area contributed by atoms with Gasteiger partial charge in [-0.05, 0) is 26.7 Å². The monoisotopic (exact) mass is 208 g/mol. The van der Waals surface area contributed by atoms with Crippen molar-refractivity contribution in [1.82, 2.24) is 15.0 Å². The largest absolute Gasteiger partial charge is 0.341 e. The molecule has 0 radical (unpaired) electrons. The third kappa shape index (κ3) is 3.15. The van der Waals surface area contributed by atoms with Gasteiger partial charge in [-0.2, -0.15) is 9.97 Å². The molecule has 1 aromatic heterocycles. The van der Waals surface area contributed by atoms with Crippen LogP contribution in [0.4, 0.5) is 5.95 Å². The van der Waals surface area contributed by atoms with Gasteiger partial charge in [0.1, 0.15) is 11.6 Å². The second-order valence-electron chi connectivity index (χ2n) is 3.42. The summed E-state index contributed by atoms with van der Waals surface area (Å²) in [6.45, 7) is 9.99. The van der Waals surface area contributed by atoms with E-state index < -0.39 is 0 Å². The predicted molar refractivity (Wildman–Crippen MR) is 62.1 cm³/mol. The van der Waals surface area contributed by atoms with Crippen molar-refractivity contribution < 1.29 is 0 Å². The number of nitrogens with zero attached hydrogens (tertiary/aromatic N) is 4. The van der Waals surface area contributed by atoms with Crippen LogP contribution in [-0.4, -0.2) is 28.0 Å². The Morgan fingerprint density at radius 2 is 1.33 bits per heavy atom. The van der Waals surface area contributed by atoms with Crippen molar-refractivity contribution in [3.05, 3.63) is 11.6 Å². The van der Waals surface area contributed by atoms with Crippen molar-refractivity contribution >= 4 is 5.95 Å². The zero-order valence-electron chi connectivity index (χ0n) is 10.1. The molecule has 0 amide bonds. The molecule has 2 heterocycles. The van der Waals surface area contributed by atoms with E-state index >= 15 is 0 Å². The summed E-state index contributed by atoms with van der Waals surface area (Å²) in [5.41, 5.74) is 0. The van der Waals surface area contributed by atoms with Crippen molar-refractivity contribution in [2.75, 3.05) is 18.0 Å². The Hall–Kier alpha value is -1.19. The first kappa shape index (κ1) is 11.9. The third-order valence-electron chi connectivity index (χ3n) is 2.24. The molecule has 0 spiro atoms. The molecule has 84 valence electrons. The molecular weight excluding hydrogens is 188 g/mol. The second kappa shape index (κ2) is 5.63. The molecule has 0 saturated carbocycles. The van der Waals surface area contributed by atoms with Gasteiger partial charge >= 0.3 is 0 Å². The molecule has 0 aromatic carbocycles. The lowest BCUT2D eigenvalue weighted by Crippen LogP contribution is -2.21. The number of aryl methyl sites for hydroxylation is 2. The third-order valence-corrected chi connectivity index (χ3v) is 2.24. The molecular formula is C11H20N4. The molecule has 0 N–H and O–H groups in total. The molecule has 2 rings (SSSR count). The van der Waals surface area contributed by atoms with Crippen LogP contribution in [0.15, 0.2) is 0 Å². The molecule has 15 heavy (non-hydrogen) atoms. The van der Waals surface area contributed by atoms with Crippen LogP contribution in [0.5, 0.6) is 0 Å². The van der Waals surface area contributed by atoms with Crippen molar-refractivity contribution in [3.8, 4) is 0 Å². The van der Waals surface area contributed by atoms with Gasteiger partial charge in [-0.15, -0.1) is 0 Å². The van der Waals surface area contributed by atoms with Crippen LogP contribution < -0.4 is 4.90 Å². The molecule has 1 aliphatic heterocycles. The zero-order chi connectivity index (χ0) is 11.3. The van der Waals surface area contributed by atoms with Crippen LogP contribution in [0.25, 0.3) is 0 Å². The summed E-state index contributed by atoms with van der Waals surface area (Å²) >= 11 is 0. The average molecular weight is 208 g/mol. The Morgan fingerprint density at radius 1 is 0.867 bits per heavy atom. The van der Waals surface area contributed by atoms with Gasteiger partial charge < -0.3 is 4.90 Å². The molecule has 4 heteroatoms. The molecule has 1 saturated heterocycles. The van der Waals surface area contributed by atoms with Crippen molar-refractivity contribution in [3.63, 3.8) is 0 Å². The summed E-state index contributed by atoms with van der Waals surface area (Å²) in [5.74, 6) is 2.48. The highest BCUT2D eigenvalue weighted by Gasteiger charge is 2.15. The van der Waals surface area contributed by atoms with E-state index in [1.165, 1.54) is 12.8 Å². The standard InChI is InChI=1S/C9H14N4.C2H6/c1-7-10-8(2)12-9(11-7)13-5-3-4-6-13;1-2/h3-6H2,1-2H3;1-2H3. The summed E-state index contributed by atoms with van der Waals surface area (Å²) in [7, 11) is 0. The van der Waals surface area contributed by atoms with E-state index in [0.717, 1.165) is 30.7 Å². The fourth-order valence-corrected chi connectivity index (χ4v) is 1.66. The summed E-state index contributed by atoms with van der Waals surface area (Å²) in [4.78, 5) is 15.0. The maximum atomic E-state index is 4.32. The van der Waals surface area contributed by atoms with E-state index in [1.807, 2.05) is 27.7 Å². The highest BCUT2D eigenvalue weighted by atomic mass is 15.3. The molecule has 4 nitrogen and oxygen atoms in total. The predicted octanol–water partition coefficient (Wildman–Crippen LogP) is 2.11. The van der Waals surface area contributed by atoms with E-state index in [9.17, 15) is 0 Å². The van der Waals surface area contributed by atoms with Gasteiger partial charge in [0.05, 0.1) is 0 Å². The van der Waals surface area contributed by atoms with Crippen molar-refractivity contribution in [2.45, 2.75) is 40.5 Å². The first-order chi connectivity index (χ1) is 7.25. The van der Waals surface area contributed by atoms with Crippen LogP contribution in [0, 0.1) is 13.8 Å². The molecule has 1 fully saturated rings. The van der Waals surface area contributed by atoms with Gasteiger partial charge in [0.2, 0.25) is 5.95 Å². The minimum Gasteiger partial charge on any atom is -0.341 e. The second-order valence-corrected chi connectivity index (χ2v) is 3.42. The van der Waals surface area contributed by atoms with Crippen LogP contribution in [-0.2, 0) is 0 Å². The fourth-order valence-electron chi connectivity index (χ4n) is 1.66. The van der Waals surface area contributed by atoms with E-state index in [4.69, 9.17) is 0 Å². The van der Waals surface area contributed by atoms with Gasteiger partial charge in [-0.3, -0.25) is 0 Å². The van der Waals surface area contributed by atoms with E-state index in [1.54, 1.807) is 0 Å². The minimum atomic E-state index is 0.814. The lowest BCUT2D eigenvalue weighted by atomic mass is 10.4. The van der Waals surface area contributed by atoms with E-state index in [2.05, 4.69) is 19.9 Å². The summed E-state index contributed by atoms with van der Waals surface area (Å²) in [6.07, 6.45) is 2.51. The lowest BCUT2D eigenvalue weighted by molar-refractivity contribution is 0.837. The SMILES string of the molecule is CC.Cc1nc(C)nc(N2CCCC2)n1. The van der Waals surface area contributed by atoms with Crippen LogP contribution >= 0.6 is 0 Å².